The lowest BCUT2D eigenvalue weighted by atomic mass is 10.0. The Morgan fingerprint density at radius 1 is 1.16 bits per heavy atom. The molecule has 1 atom stereocenters. The minimum atomic E-state index is 0.164. The number of pyridine rings is 1. The molecule has 0 aliphatic carbocycles. The van der Waals surface area contributed by atoms with Crippen LogP contribution in [0.25, 0.3) is 0 Å². The maximum Gasteiger partial charge on any atom is 0.0595 e. The fraction of sp³-hybridized carbons (Fsp3) is 0.267. The van der Waals surface area contributed by atoms with Gasteiger partial charge in [-0.15, -0.1) is 0 Å². The van der Waals surface area contributed by atoms with Crippen molar-refractivity contribution in [3.05, 3.63) is 63.4 Å². The van der Waals surface area contributed by atoms with Gasteiger partial charge in [-0.2, -0.15) is 0 Å². The van der Waals surface area contributed by atoms with Crippen LogP contribution in [0.4, 0.5) is 0 Å². The first-order valence-corrected chi connectivity index (χ1v) is 6.89. The van der Waals surface area contributed by atoms with Crippen molar-refractivity contribution < 1.29 is 0 Å². The third kappa shape index (κ3) is 3.69. The third-order valence-electron chi connectivity index (χ3n) is 3.07. The van der Waals surface area contributed by atoms with E-state index < -0.39 is 0 Å². The van der Waals surface area contributed by atoms with Crippen LogP contribution in [0.15, 0.2) is 36.5 Å². The Bertz CT molecular complexity index is 570. The summed E-state index contributed by atoms with van der Waals surface area (Å²) in [4.78, 5) is 4.43. The van der Waals surface area contributed by atoms with Crippen LogP contribution in [0.5, 0.6) is 0 Å². The average Bonchev–Trinajstić information content (AvgIpc) is 2.40. The Morgan fingerprint density at radius 2 is 1.95 bits per heavy atom. The summed E-state index contributed by atoms with van der Waals surface area (Å²) in [5.74, 6) is 0. The molecule has 0 saturated heterocycles. The third-order valence-corrected chi connectivity index (χ3v) is 3.80. The Hall–Kier alpha value is -1.09. The van der Waals surface area contributed by atoms with Crippen LogP contribution in [-0.2, 0) is 6.42 Å². The predicted octanol–water partition coefficient (Wildman–Crippen LogP) is 4.20. The van der Waals surface area contributed by atoms with Gasteiger partial charge in [0.2, 0.25) is 0 Å². The molecule has 0 aliphatic rings. The van der Waals surface area contributed by atoms with Gasteiger partial charge < -0.3 is 5.32 Å². The van der Waals surface area contributed by atoms with E-state index in [0.29, 0.717) is 10.0 Å². The van der Waals surface area contributed by atoms with Gasteiger partial charge in [0.15, 0.2) is 0 Å². The zero-order chi connectivity index (χ0) is 13.8. The molecule has 0 spiro atoms. The lowest BCUT2D eigenvalue weighted by molar-refractivity contribution is 0.575. The summed E-state index contributed by atoms with van der Waals surface area (Å²) in [6, 6.07) is 9.99. The quantitative estimate of drug-likeness (QED) is 0.914. The summed E-state index contributed by atoms with van der Waals surface area (Å²) in [5.41, 5.74) is 3.38. The minimum absolute atomic E-state index is 0.164. The lowest BCUT2D eigenvalue weighted by Crippen LogP contribution is -2.20. The zero-order valence-corrected chi connectivity index (χ0v) is 12.5. The zero-order valence-electron chi connectivity index (χ0n) is 11.0. The van der Waals surface area contributed by atoms with Crippen molar-refractivity contribution >= 4 is 23.2 Å². The number of nitrogens with zero attached hydrogens (tertiary/aromatic N) is 1. The van der Waals surface area contributed by atoms with Crippen molar-refractivity contribution in [2.75, 3.05) is 7.05 Å². The number of halogens is 2. The van der Waals surface area contributed by atoms with Crippen molar-refractivity contribution in [3.63, 3.8) is 0 Å². The molecule has 1 aromatic heterocycles. The number of benzene rings is 1. The molecule has 0 fully saturated rings. The molecule has 0 amide bonds. The highest BCUT2D eigenvalue weighted by atomic mass is 35.5. The van der Waals surface area contributed by atoms with Crippen molar-refractivity contribution in [2.24, 2.45) is 0 Å². The largest absolute Gasteiger partial charge is 0.311 e. The molecule has 1 aromatic carbocycles. The molecule has 2 rings (SSSR count). The van der Waals surface area contributed by atoms with Crippen LogP contribution in [0.2, 0.25) is 10.0 Å². The van der Waals surface area contributed by atoms with E-state index in [9.17, 15) is 0 Å². The van der Waals surface area contributed by atoms with Crippen LogP contribution in [-0.4, -0.2) is 12.0 Å². The van der Waals surface area contributed by atoms with Gasteiger partial charge in [-0.1, -0.05) is 29.3 Å². The number of rotatable bonds is 4. The first kappa shape index (κ1) is 14.3. The molecule has 2 aromatic rings. The minimum Gasteiger partial charge on any atom is -0.311 e. The van der Waals surface area contributed by atoms with Crippen LogP contribution in [0.3, 0.4) is 0 Å². The summed E-state index contributed by atoms with van der Waals surface area (Å²) in [6.07, 6.45) is 2.66. The summed E-state index contributed by atoms with van der Waals surface area (Å²) >= 11 is 12.0. The molecule has 100 valence electrons. The molecule has 19 heavy (non-hydrogen) atoms. The van der Waals surface area contributed by atoms with Gasteiger partial charge in [-0.05, 0) is 55.8 Å². The molecule has 2 nitrogen and oxygen atoms in total. The lowest BCUT2D eigenvalue weighted by Gasteiger charge is -2.16. The van der Waals surface area contributed by atoms with Crippen LogP contribution in [0.1, 0.15) is 22.9 Å². The maximum atomic E-state index is 6.04. The number of likely N-dealkylation sites (N-methyl/N-ethyl adjacent to an activating group) is 1. The molecule has 4 heteroatoms. The highest BCUT2D eigenvalue weighted by molar-refractivity contribution is 6.42. The maximum absolute atomic E-state index is 6.04. The van der Waals surface area contributed by atoms with E-state index in [0.717, 1.165) is 17.7 Å². The van der Waals surface area contributed by atoms with E-state index in [1.54, 1.807) is 0 Å². The molecule has 0 radical (unpaired) electrons. The molecule has 0 aliphatic heterocycles. The second-order valence-electron chi connectivity index (χ2n) is 4.55. The van der Waals surface area contributed by atoms with Crippen molar-refractivity contribution in [2.45, 2.75) is 19.4 Å². The second kappa shape index (κ2) is 6.38. The van der Waals surface area contributed by atoms with E-state index in [1.807, 2.05) is 37.5 Å². The fourth-order valence-corrected chi connectivity index (χ4v) is 2.33. The van der Waals surface area contributed by atoms with Crippen molar-refractivity contribution in [3.8, 4) is 0 Å². The SMILES string of the molecule is CNC(Cc1ccc(Cl)c(Cl)c1)c1cc(C)ccn1. The number of nitrogens with one attached hydrogen (secondary N) is 1. The molecule has 1 heterocycles. The average molecular weight is 295 g/mol. The van der Waals surface area contributed by atoms with Gasteiger partial charge in [0, 0.05) is 6.20 Å². The number of hydrogen-bond acceptors (Lipinski definition) is 2. The van der Waals surface area contributed by atoms with Gasteiger partial charge in [0.05, 0.1) is 21.8 Å². The molecular weight excluding hydrogens is 279 g/mol. The number of hydrogen-bond donors (Lipinski definition) is 1. The normalized spacial score (nSPS) is 12.4. The Balaban J connectivity index is 2.21. The topological polar surface area (TPSA) is 24.9 Å². The van der Waals surface area contributed by atoms with E-state index in [2.05, 4.69) is 23.3 Å². The highest BCUT2D eigenvalue weighted by Gasteiger charge is 2.12. The van der Waals surface area contributed by atoms with Crippen LogP contribution in [0, 0.1) is 6.92 Å². The smallest absolute Gasteiger partial charge is 0.0595 e. The van der Waals surface area contributed by atoms with E-state index in [4.69, 9.17) is 23.2 Å². The molecule has 1 unspecified atom stereocenters. The number of aromatic nitrogens is 1. The van der Waals surface area contributed by atoms with Gasteiger partial charge in [0.25, 0.3) is 0 Å². The summed E-state index contributed by atoms with van der Waals surface area (Å²) < 4.78 is 0. The fourth-order valence-electron chi connectivity index (χ4n) is 2.01. The van der Waals surface area contributed by atoms with Gasteiger partial charge in [0.1, 0.15) is 0 Å². The van der Waals surface area contributed by atoms with Crippen molar-refractivity contribution in [1.29, 1.82) is 0 Å². The Morgan fingerprint density at radius 3 is 2.58 bits per heavy atom. The molecule has 1 N–H and O–H groups in total. The van der Waals surface area contributed by atoms with Gasteiger partial charge in [-0.25, -0.2) is 0 Å². The van der Waals surface area contributed by atoms with E-state index in [-0.39, 0.29) is 6.04 Å². The second-order valence-corrected chi connectivity index (χ2v) is 5.37. The first-order valence-electron chi connectivity index (χ1n) is 6.14. The molecule has 0 bridgehead atoms. The first-order chi connectivity index (χ1) is 9.10. The Kier molecular flexibility index (Phi) is 4.81. The highest BCUT2D eigenvalue weighted by Crippen LogP contribution is 2.25. The van der Waals surface area contributed by atoms with Gasteiger partial charge >= 0.3 is 0 Å². The summed E-state index contributed by atoms with van der Waals surface area (Å²) in [5, 5.41) is 4.46. The van der Waals surface area contributed by atoms with Crippen LogP contribution < -0.4 is 5.32 Å². The summed E-state index contributed by atoms with van der Waals surface area (Å²) in [7, 11) is 1.94. The summed E-state index contributed by atoms with van der Waals surface area (Å²) in [6.45, 7) is 2.07. The molecular formula is C15H16Cl2N2. The van der Waals surface area contributed by atoms with Crippen molar-refractivity contribution in [1.82, 2.24) is 10.3 Å². The van der Waals surface area contributed by atoms with Gasteiger partial charge in [-0.3, -0.25) is 4.98 Å². The van der Waals surface area contributed by atoms with E-state index >= 15 is 0 Å². The van der Waals surface area contributed by atoms with Crippen LogP contribution >= 0.6 is 23.2 Å². The number of aryl methyl sites for hydroxylation is 1. The standard InChI is InChI=1S/C15H16Cl2N2/c1-10-5-6-19-15(7-10)14(18-2)9-11-3-4-12(16)13(17)8-11/h3-8,14,18H,9H2,1-2H3. The Labute approximate surface area is 123 Å². The van der Waals surface area contributed by atoms with E-state index in [1.165, 1.54) is 5.56 Å². The molecule has 0 saturated carbocycles. The monoisotopic (exact) mass is 294 g/mol. The predicted molar refractivity (Wildman–Crippen MR) is 80.9 cm³/mol.